The maximum absolute atomic E-state index is 13.3. The lowest BCUT2D eigenvalue weighted by Crippen LogP contribution is -2.16. The third-order valence-electron chi connectivity index (χ3n) is 5.00. The van der Waals surface area contributed by atoms with Gasteiger partial charge in [0.25, 0.3) is 15.7 Å². The van der Waals surface area contributed by atoms with Gasteiger partial charge in [0.1, 0.15) is 4.90 Å². The Morgan fingerprint density at radius 3 is 2.49 bits per heavy atom. The Bertz CT molecular complexity index is 1370. The summed E-state index contributed by atoms with van der Waals surface area (Å²) in [6, 6.07) is 12.3. The van der Waals surface area contributed by atoms with Crippen molar-refractivity contribution < 1.29 is 22.9 Å². The summed E-state index contributed by atoms with van der Waals surface area (Å²) in [4.78, 5) is 22.7. The molecule has 184 valence electrons. The van der Waals surface area contributed by atoms with Gasteiger partial charge in [-0.25, -0.2) is 8.42 Å². The molecule has 3 rings (SSSR count). The van der Waals surface area contributed by atoms with Crippen molar-refractivity contribution in [3.8, 4) is 0 Å². The quantitative estimate of drug-likeness (QED) is 0.170. The third kappa shape index (κ3) is 6.64. The van der Waals surface area contributed by atoms with Crippen LogP contribution >= 0.6 is 11.3 Å². The average molecular weight is 517 g/mol. The first-order valence-electron chi connectivity index (χ1n) is 10.4. The molecule has 2 N–H and O–H groups in total. The van der Waals surface area contributed by atoms with Crippen molar-refractivity contribution in [3.63, 3.8) is 0 Å². The largest absolute Gasteiger partial charge is 0.469 e. The smallest absolute Gasteiger partial charge is 0.305 e. The zero-order chi connectivity index (χ0) is 25.6. The molecule has 0 saturated heterocycles. The number of esters is 1. The number of carbonyl (C=O) groups is 1. The first kappa shape index (κ1) is 25.8. The van der Waals surface area contributed by atoms with Crippen LogP contribution in [0.2, 0.25) is 0 Å². The van der Waals surface area contributed by atoms with Crippen molar-refractivity contribution in [1.82, 2.24) is 0 Å². The van der Waals surface area contributed by atoms with Gasteiger partial charge in [-0.2, -0.15) is 5.10 Å². The predicted molar refractivity (Wildman–Crippen MR) is 136 cm³/mol. The van der Waals surface area contributed by atoms with Crippen molar-refractivity contribution in [1.29, 1.82) is 0 Å². The normalized spacial score (nSPS) is 11.7. The highest BCUT2D eigenvalue weighted by Crippen LogP contribution is 2.29. The predicted octanol–water partition coefficient (Wildman–Crippen LogP) is 4.84. The van der Waals surface area contributed by atoms with Crippen LogP contribution in [-0.2, 0) is 19.6 Å². The number of hydrogen-bond donors (Lipinski definition) is 2. The number of thiophene rings is 1. The fraction of sp³-hybridized carbons (Fsp3) is 0.217. The van der Waals surface area contributed by atoms with E-state index in [2.05, 4.69) is 15.2 Å². The van der Waals surface area contributed by atoms with E-state index in [-0.39, 0.29) is 29.1 Å². The number of nitro groups is 1. The molecule has 3 aromatic rings. The zero-order valence-corrected chi connectivity index (χ0v) is 20.9. The number of carbonyl (C=O) groups excluding carboxylic acids is 1. The van der Waals surface area contributed by atoms with Gasteiger partial charge in [-0.15, -0.1) is 11.3 Å². The molecule has 10 nitrogen and oxygen atoms in total. The van der Waals surface area contributed by atoms with Crippen LogP contribution in [0.3, 0.4) is 0 Å². The number of hydrogen-bond acceptors (Lipinski definition) is 9. The summed E-state index contributed by atoms with van der Waals surface area (Å²) < 4.78 is 33.8. The molecule has 0 aliphatic rings. The van der Waals surface area contributed by atoms with Gasteiger partial charge in [0.15, 0.2) is 0 Å². The average Bonchev–Trinajstić information content (AvgIpc) is 3.35. The fourth-order valence-corrected chi connectivity index (χ4v) is 5.25. The lowest BCUT2D eigenvalue weighted by molar-refractivity contribution is -0.385. The maximum atomic E-state index is 13.3. The van der Waals surface area contributed by atoms with Crippen LogP contribution in [0, 0.1) is 24.0 Å². The second kappa shape index (κ2) is 11.1. The van der Waals surface area contributed by atoms with Gasteiger partial charge in [0.2, 0.25) is 0 Å². The number of hydrazone groups is 1. The van der Waals surface area contributed by atoms with Crippen LogP contribution in [0.5, 0.6) is 0 Å². The number of benzene rings is 2. The Balaban J connectivity index is 2.00. The number of aryl methyl sites for hydroxylation is 2. The molecular weight excluding hydrogens is 492 g/mol. The molecule has 0 unspecified atom stereocenters. The van der Waals surface area contributed by atoms with Crippen LogP contribution in [0.25, 0.3) is 0 Å². The molecule has 0 atom stereocenters. The van der Waals surface area contributed by atoms with Crippen LogP contribution in [0.4, 0.5) is 17.1 Å². The minimum Gasteiger partial charge on any atom is -0.469 e. The third-order valence-corrected chi connectivity index (χ3v) is 7.33. The number of sulfonamides is 1. The highest BCUT2D eigenvalue weighted by atomic mass is 32.2. The number of nitro benzene ring substituents is 1. The SMILES string of the molecule is COC(=O)CC/C(=N/Nc1ccc([N+](=O)[O-])cc1S(=O)(=O)Nc1ccc(C)cc1C)c1cccs1. The lowest BCUT2D eigenvalue weighted by atomic mass is 10.1. The number of nitrogens with one attached hydrogen (secondary N) is 2. The Morgan fingerprint density at radius 1 is 1.11 bits per heavy atom. The van der Waals surface area contributed by atoms with Crippen molar-refractivity contribution in [2.45, 2.75) is 31.6 Å². The maximum Gasteiger partial charge on any atom is 0.305 e. The summed E-state index contributed by atoms with van der Waals surface area (Å²) in [5.41, 5.74) is 4.91. The molecule has 0 aliphatic heterocycles. The van der Waals surface area contributed by atoms with Crippen LogP contribution in [-0.4, -0.2) is 32.1 Å². The number of nitrogens with zero attached hydrogens (tertiary/aromatic N) is 2. The first-order chi connectivity index (χ1) is 16.6. The highest BCUT2D eigenvalue weighted by molar-refractivity contribution is 7.92. The second-order valence-electron chi connectivity index (χ2n) is 7.59. The summed E-state index contributed by atoms with van der Waals surface area (Å²) in [6.07, 6.45) is 0.324. The van der Waals surface area contributed by atoms with E-state index in [1.165, 1.54) is 30.6 Å². The second-order valence-corrected chi connectivity index (χ2v) is 10.2. The Labute approximate surface area is 206 Å². The van der Waals surface area contributed by atoms with Crippen LogP contribution in [0.1, 0.15) is 28.8 Å². The van der Waals surface area contributed by atoms with Gasteiger partial charge >= 0.3 is 5.97 Å². The molecule has 1 aromatic heterocycles. The molecule has 0 radical (unpaired) electrons. The molecule has 2 aromatic carbocycles. The monoisotopic (exact) mass is 516 g/mol. The molecule has 0 aliphatic carbocycles. The van der Waals surface area contributed by atoms with Crippen molar-refractivity contribution in [2.24, 2.45) is 5.10 Å². The van der Waals surface area contributed by atoms with Gasteiger partial charge < -0.3 is 4.74 Å². The number of anilines is 2. The topological polar surface area (TPSA) is 140 Å². The van der Waals surface area contributed by atoms with Gasteiger partial charge in [-0.3, -0.25) is 25.1 Å². The highest BCUT2D eigenvalue weighted by Gasteiger charge is 2.23. The fourth-order valence-electron chi connectivity index (χ4n) is 3.19. The molecule has 1 heterocycles. The molecule has 0 saturated carbocycles. The summed E-state index contributed by atoms with van der Waals surface area (Å²) in [7, 11) is -2.93. The molecule has 35 heavy (non-hydrogen) atoms. The van der Waals surface area contributed by atoms with Crippen LogP contribution in [0.15, 0.2) is 63.9 Å². The van der Waals surface area contributed by atoms with Crippen molar-refractivity contribution in [3.05, 3.63) is 80.0 Å². The number of rotatable bonds is 10. The number of methoxy groups -OCH3 is 1. The number of ether oxygens (including phenoxy) is 1. The molecule has 0 fully saturated rings. The Kier molecular flexibility index (Phi) is 8.20. The van der Waals surface area contributed by atoms with Gasteiger partial charge in [-0.05, 0) is 43.0 Å². The summed E-state index contributed by atoms with van der Waals surface area (Å²) >= 11 is 1.40. The molecule has 0 bridgehead atoms. The van der Waals surface area contributed by atoms with E-state index < -0.39 is 20.9 Å². The Hall–Kier alpha value is -3.77. The summed E-state index contributed by atoms with van der Waals surface area (Å²) in [6.45, 7) is 3.65. The van der Waals surface area contributed by atoms with E-state index in [4.69, 9.17) is 4.74 Å². The van der Waals surface area contributed by atoms with Crippen LogP contribution < -0.4 is 10.1 Å². The number of non-ortho nitro benzene ring substituents is 1. The van der Waals surface area contributed by atoms with Crippen molar-refractivity contribution >= 4 is 50.1 Å². The van der Waals surface area contributed by atoms with E-state index in [0.717, 1.165) is 16.5 Å². The Morgan fingerprint density at radius 2 is 1.86 bits per heavy atom. The summed E-state index contributed by atoms with van der Waals surface area (Å²) in [5, 5.41) is 17.5. The lowest BCUT2D eigenvalue weighted by Gasteiger charge is -2.14. The van der Waals surface area contributed by atoms with Gasteiger partial charge in [0.05, 0.1) is 40.4 Å². The van der Waals surface area contributed by atoms with E-state index >= 15 is 0 Å². The summed E-state index contributed by atoms with van der Waals surface area (Å²) in [5.74, 6) is -0.412. The van der Waals surface area contributed by atoms with E-state index in [1.54, 1.807) is 19.1 Å². The molecular formula is C23H24N4O6S2. The van der Waals surface area contributed by atoms with E-state index in [0.29, 0.717) is 17.0 Å². The zero-order valence-electron chi connectivity index (χ0n) is 19.3. The first-order valence-corrected chi connectivity index (χ1v) is 12.8. The van der Waals surface area contributed by atoms with Gasteiger partial charge in [-0.1, -0.05) is 23.8 Å². The molecule has 12 heteroatoms. The van der Waals surface area contributed by atoms with E-state index in [1.807, 2.05) is 30.5 Å². The van der Waals surface area contributed by atoms with Gasteiger partial charge in [0, 0.05) is 18.6 Å². The minimum absolute atomic E-state index is 0.0417. The van der Waals surface area contributed by atoms with Crippen molar-refractivity contribution in [2.75, 3.05) is 17.3 Å². The standard InChI is InChI=1S/C23H24N4O6S2/c1-15-6-8-18(16(2)13-15)26-35(31,32)22-14-17(27(29)30)7-9-20(22)25-24-19(10-11-23(28)33-3)21-5-4-12-34-21/h4-9,12-14,25-26H,10-11H2,1-3H3/b24-19-. The minimum atomic E-state index is -4.22. The molecule has 0 spiro atoms. The molecule has 0 amide bonds. The van der Waals surface area contributed by atoms with E-state index in [9.17, 15) is 23.3 Å².